The number of carbonyl (C=O) groups excluding carboxylic acids is 1. The molecule has 2 aromatic rings. The summed E-state index contributed by atoms with van der Waals surface area (Å²) in [7, 11) is 0. The molecule has 0 fully saturated rings. The zero-order chi connectivity index (χ0) is 14.1. The molecule has 1 heterocycles. The Labute approximate surface area is 126 Å². The molecule has 0 radical (unpaired) electrons. The molecule has 1 aliphatic rings. The van der Waals surface area contributed by atoms with Crippen LogP contribution in [0.1, 0.15) is 12.5 Å². The highest BCUT2D eigenvalue weighted by molar-refractivity contribution is 9.10. The molecule has 1 aliphatic heterocycles. The molecule has 1 N–H and O–H groups in total. The Balaban J connectivity index is 2.00. The lowest BCUT2D eigenvalue weighted by molar-refractivity contribution is -0.117. The normalized spacial score (nSPS) is 17.6. The third-order valence-corrected chi connectivity index (χ3v) is 4.06. The molecule has 0 saturated carbocycles. The predicted octanol–water partition coefficient (Wildman–Crippen LogP) is 3.80. The van der Waals surface area contributed by atoms with E-state index in [9.17, 15) is 4.79 Å². The van der Waals surface area contributed by atoms with E-state index in [0.29, 0.717) is 0 Å². The van der Waals surface area contributed by atoms with Crippen LogP contribution in [0.15, 0.2) is 53.0 Å². The molecular weight excluding hydrogens is 316 g/mol. The van der Waals surface area contributed by atoms with Gasteiger partial charge in [0.15, 0.2) is 0 Å². The van der Waals surface area contributed by atoms with E-state index in [1.807, 2.05) is 43.3 Å². The number of carbonyl (C=O) groups is 1. The first-order valence-electron chi connectivity index (χ1n) is 6.56. The lowest BCUT2D eigenvalue weighted by Crippen LogP contribution is -2.45. The number of nitrogens with zero attached hydrogens (tertiary/aromatic N) is 1. The highest BCUT2D eigenvalue weighted by atomic mass is 79.9. The van der Waals surface area contributed by atoms with Gasteiger partial charge in [-0.2, -0.15) is 0 Å². The van der Waals surface area contributed by atoms with Crippen molar-refractivity contribution in [2.75, 3.05) is 10.2 Å². The predicted molar refractivity (Wildman–Crippen MR) is 84.9 cm³/mol. The molecule has 1 amide bonds. The van der Waals surface area contributed by atoms with Crippen LogP contribution in [0.3, 0.4) is 0 Å². The highest BCUT2D eigenvalue weighted by Gasteiger charge is 2.29. The van der Waals surface area contributed by atoms with Gasteiger partial charge in [-0.3, -0.25) is 4.79 Å². The summed E-state index contributed by atoms with van der Waals surface area (Å²) < 4.78 is 1.01. The van der Waals surface area contributed by atoms with Crippen molar-refractivity contribution >= 4 is 33.2 Å². The van der Waals surface area contributed by atoms with Gasteiger partial charge in [0.25, 0.3) is 0 Å². The van der Waals surface area contributed by atoms with Crippen LogP contribution in [-0.4, -0.2) is 11.9 Å². The second-order valence-corrected chi connectivity index (χ2v) is 5.86. The van der Waals surface area contributed by atoms with Gasteiger partial charge in [0.05, 0.1) is 11.4 Å². The van der Waals surface area contributed by atoms with Crippen molar-refractivity contribution in [3.8, 4) is 0 Å². The largest absolute Gasteiger partial charge is 0.354 e. The van der Waals surface area contributed by atoms with Crippen LogP contribution in [0.25, 0.3) is 0 Å². The highest BCUT2D eigenvalue weighted by Crippen LogP contribution is 2.35. The number of hydrogen-bond acceptors (Lipinski definition) is 2. The number of hydrogen-bond donors (Lipinski definition) is 1. The monoisotopic (exact) mass is 330 g/mol. The van der Waals surface area contributed by atoms with Crippen molar-refractivity contribution in [2.24, 2.45) is 0 Å². The number of halogens is 1. The van der Waals surface area contributed by atoms with Gasteiger partial charge < -0.3 is 10.2 Å². The van der Waals surface area contributed by atoms with Crippen LogP contribution in [0.4, 0.5) is 11.4 Å². The number of anilines is 2. The van der Waals surface area contributed by atoms with Gasteiger partial charge in [0.1, 0.15) is 6.04 Å². The van der Waals surface area contributed by atoms with E-state index < -0.39 is 0 Å². The molecule has 0 saturated heterocycles. The van der Waals surface area contributed by atoms with E-state index >= 15 is 0 Å². The fourth-order valence-electron chi connectivity index (χ4n) is 2.44. The maximum Gasteiger partial charge on any atom is 0.246 e. The van der Waals surface area contributed by atoms with Crippen LogP contribution >= 0.6 is 15.9 Å². The molecule has 102 valence electrons. The first-order chi connectivity index (χ1) is 9.65. The summed E-state index contributed by atoms with van der Waals surface area (Å²) in [6.07, 6.45) is 0. The fraction of sp³-hybridized carbons (Fsp3) is 0.188. The zero-order valence-electron chi connectivity index (χ0n) is 11.1. The summed E-state index contributed by atoms with van der Waals surface area (Å²) >= 11 is 3.50. The average Bonchev–Trinajstić information content (AvgIpc) is 2.46. The van der Waals surface area contributed by atoms with Gasteiger partial charge in [-0.05, 0) is 30.7 Å². The molecule has 3 nitrogen and oxygen atoms in total. The lowest BCUT2D eigenvalue weighted by Gasteiger charge is -2.36. The van der Waals surface area contributed by atoms with Gasteiger partial charge in [-0.1, -0.05) is 46.3 Å². The standard InChI is InChI=1S/C16H15BrN2O/c1-11-16(20)18-14-8-7-13(17)9-15(14)19(11)10-12-5-3-2-4-6-12/h2-9,11H,10H2,1H3,(H,18,20)/t11-/m1/s1. The smallest absolute Gasteiger partial charge is 0.246 e. The Kier molecular flexibility index (Phi) is 3.49. The fourth-order valence-corrected chi connectivity index (χ4v) is 2.79. The SMILES string of the molecule is C[C@@H]1C(=O)Nc2ccc(Br)cc2N1Cc1ccccc1. The maximum absolute atomic E-state index is 12.1. The van der Waals surface area contributed by atoms with Gasteiger partial charge in [-0.25, -0.2) is 0 Å². The first-order valence-corrected chi connectivity index (χ1v) is 7.35. The molecule has 0 aromatic heterocycles. The lowest BCUT2D eigenvalue weighted by atomic mass is 10.1. The molecule has 2 aromatic carbocycles. The summed E-state index contributed by atoms with van der Waals surface area (Å²) in [4.78, 5) is 14.2. The van der Waals surface area contributed by atoms with Crippen molar-refractivity contribution < 1.29 is 4.79 Å². The molecule has 0 bridgehead atoms. The van der Waals surface area contributed by atoms with Crippen LogP contribution < -0.4 is 10.2 Å². The summed E-state index contributed by atoms with van der Waals surface area (Å²) in [6.45, 7) is 2.65. The van der Waals surface area contributed by atoms with Crippen LogP contribution in [0.2, 0.25) is 0 Å². The van der Waals surface area contributed by atoms with Gasteiger partial charge >= 0.3 is 0 Å². The Bertz CT molecular complexity index is 642. The molecule has 3 rings (SSSR count). The Morgan fingerprint density at radius 2 is 1.95 bits per heavy atom. The zero-order valence-corrected chi connectivity index (χ0v) is 12.7. The minimum absolute atomic E-state index is 0.0377. The van der Waals surface area contributed by atoms with Crippen LogP contribution in [-0.2, 0) is 11.3 Å². The number of fused-ring (bicyclic) bond motifs is 1. The van der Waals surface area contributed by atoms with Crippen LogP contribution in [0, 0.1) is 0 Å². The first kappa shape index (κ1) is 13.2. The molecule has 0 unspecified atom stereocenters. The number of nitrogens with one attached hydrogen (secondary N) is 1. The summed E-state index contributed by atoms with van der Waals surface area (Å²) in [5.74, 6) is 0.0377. The molecule has 1 atom stereocenters. The Hall–Kier alpha value is -1.81. The molecular formula is C16H15BrN2O. The van der Waals surface area contributed by atoms with Gasteiger partial charge in [-0.15, -0.1) is 0 Å². The van der Waals surface area contributed by atoms with E-state index in [0.717, 1.165) is 22.4 Å². The minimum atomic E-state index is -0.183. The summed E-state index contributed by atoms with van der Waals surface area (Å²) in [6, 6.07) is 15.9. The van der Waals surface area contributed by atoms with E-state index in [2.05, 4.69) is 38.3 Å². The topological polar surface area (TPSA) is 32.3 Å². The quantitative estimate of drug-likeness (QED) is 0.908. The molecule has 0 aliphatic carbocycles. The van der Waals surface area contributed by atoms with E-state index in [1.165, 1.54) is 5.56 Å². The number of benzene rings is 2. The maximum atomic E-state index is 12.1. The van der Waals surface area contributed by atoms with Crippen molar-refractivity contribution in [1.29, 1.82) is 0 Å². The van der Waals surface area contributed by atoms with Crippen molar-refractivity contribution in [3.63, 3.8) is 0 Å². The third kappa shape index (κ3) is 2.43. The van der Waals surface area contributed by atoms with Crippen molar-refractivity contribution in [3.05, 3.63) is 58.6 Å². The second kappa shape index (κ2) is 5.29. The van der Waals surface area contributed by atoms with Gasteiger partial charge in [0, 0.05) is 11.0 Å². The minimum Gasteiger partial charge on any atom is -0.354 e. The average molecular weight is 331 g/mol. The van der Waals surface area contributed by atoms with E-state index in [4.69, 9.17) is 0 Å². The molecule has 4 heteroatoms. The van der Waals surface area contributed by atoms with E-state index in [1.54, 1.807) is 0 Å². The number of rotatable bonds is 2. The Morgan fingerprint density at radius 3 is 2.70 bits per heavy atom. The molecule has 0 spiro atoms. The third-order valence-electron chi connectivity index (χ3n) is 3.57. The van der Waals surface area contributed by atoms with Crippen LogP contribution in [0.5, 0.6) is 0 Å². The summed E-state index contributed by atoms with van der Waals surface area (Å²) in [5, 5.41) is 2.95. The van der Waals surface area contributed by atoms with Crippen molar-refractivity contribution in [1.82, 2.24) is 0 Å². The Morgan fingerprint density at radius 1 is 1.20 bits per heavy atom. The number of amides is 1. The second-order valence-electron chi connectivity index (χ2n) is 4.94. The van der Waals surface area contributed by atoms with E-state index in [-0.39, 0.29) is 11.9 Å². The van der Waals surface area contributed by atoms with Crippen molar-refractivity contribution in [2.45, 2.75) is 19.5 Å². The van der Waals surface area contributed by atoms with Gasteiger partial charge in [0.2, 0.25) is 5.91 Å². The molecule has 20 heavy (non-hydrogen) atoms. The summed E-state index contributed by atoms with van der Waals surface area (Å²) in [5.41, 5.74) is 3.11.